The lowest BCUT2D eigenvalue weighted by Crippen LogP contribution is -2.24. The van der Waals surface area contributed by atoms with E-state index in [2.05, 4.69) is 15.3 Å². The Labute approximate surface area is 145 Å². The number of ether oxygens (including phenoxy) is 1. The second-order valence-electron chi connectivity index (χ2n) is 5.58. The summed E-state index contributed by atoms with van der Waals surface area (Å²) in [6.07, 6.45) is 0. The number of fused-ring (bicyclic) bond motifs is 1. The Kier molecular flexibility index (Phi) is 4.52. The summed E-state index contributed by atoms with van der Waals surface area (Å²) < 4.78 is 5.25. The lowest BCUT2D eigenvalue weighted by atomic mass is 10.1. The molecule has 2 heterocycles. The molecule has 0 unspecified atom stereocenters. The molecule has 0 aliphatic rings. The average molecular weight is 337 g/mol. The first-order valence-electron chi connectivity index (χ1n) is 7.98. The molecule has 3 rings (SSSR count). The number of aryl methyl sites for hydroxylation is 1. The standard InChI is InChI=1S/C19H19N3O3/c1-4-20-19(24)17-18(23)14-8-9-15(22-16(14)11(2)21-17)12-6-5-7-13(10-12)25-3/h5-10,23H,4H2,1-3H3,(H,20,24). The number of carbonyl (C=O) groups excluding carboxylic acids is 1. The van der Waals surface area contributed by atoms with E-state index in [-0.39, 0.29) is 11.4 Å². The van der Waals surface area contributed by atoms with E-state index in [1.165, 1.54) is 0 Å². The normalized spacial score (nSPS) is 10.7. The van der Waals surface area contributed by atoms with Gasteiger partial charge in [0.15, 0.2) is 11.4 Å². The molecule has 1 amide bonds. The number of aromatic hydroxyl groups is 1. The highest BCUT2D eigenvalue weighted by Crippen LogP contribution is 2.31. The van der Waals surface area contributed by atoms with Gasteiger partial charge in [0.2, 0.25) is 0 Å². The molecular formula is C19H19N3O3. The molecule has 0 spiro atoms. The van der Waals surface area contributed by atoms with Gasteiger partial charge in [0.1, 0.15) is 5.75 Å². The van der Waals surface area contributed by atoms with Crippen molar-refractivity contribution in [3.8, 4) is 22.8 Å². The Balaban J connectivity index is 2.14. The van der Waals surface area contributed by atoms with Crippen molar-refractivity contribution in [1.29, 1.82) is 0 Å². The van der Waals surface area contributed by atoms with Gasteiger partial charge >= 0.3 is 0 Å². The van der Waals surface area contributed by atoms with Gasteiger partial charge in [-0.15, -0.1) is 0 Å². The molecule has 6 nitrogen and oxygen atoms in total. The first kappa shape index (κ1) is 16.7. The van der Waals surface area contributed by atoms with Crippen LogP contribution in [0, 0.1) is 6.92 Å². The number of hydrogen-bond donors (Lipinski definition) is 2. The molecule has 6 heteroatoms. The van der Waals surface area contributed by atoms with Gasteiger partial charge in [0, 0.05) is 17.5 Å². The maximum absolute atomic E-state index is 12.1. The molecule has 0 aliphatic carbocycles. The van der Waals surface area contributed by atoms with Crippen LogP contribution in [0.15, 0.2) is 36.4 Å². The zero-order valence-corrected chi connectivity index (χ0v) is 14.3. The second kappa shape index (κ2) is 6.76. The van der Waals surface area contributed by atoms with Gasteiger partial charge in [0.05, 0.1) is 24.0 Å². The molecule has 0 atom stereocenters. The molecule has 3 aromatic rings. The SMILES string of the molecule is CCNC(=O)c1nc(C)c2nc(-c3cccc(OC)c3)ccc2c1O. The van der Waals surface area contributed by atoms with Gasteiger partial charge in [-0.3, -0.25) is 4.79 Å². The monoisotopic (exact) mass is 337 g/mol. The summed E-state index contributed by atoms with van der Waals surface area (Å²) in [6.45, 7) is 4.04. The molecule has 128 valence electrons. The van der Waals surface area contributed by atoms with E-state index < -0.39 is 5.91 Å². The number of carbonyl (C=O) groups is 1. The third-order valence-electron chi connectivity index (χ3n) is 3.91. The topological polar surface area (TPSA) is 84.3 Å². The Morgan fingerprint density at radius 3 is 2.76 bits per heavy atom. The van der Waals surface area contributed by atoms with E-state index in [0.29, 0.717) is 23.1 Å². The zero-order valence-electron chi connectivity index (χ0n) is 14.3. The molecular weight excluding hydrogens is 318 g/mol. The number of aromatic nitrogens is 2. The van der Waals surface area contributed by atoms with Crippen molar-refractivity contribution < 1.29 is 14.6 Å². The van der Waals surface area contributed by atoms with Crippen molar-refractivity contribution in [2.75, 3.05) is 13.7 Å². The van der Waals surface area contributed by atoms with Crippen molar-refractivity contribution in [3.05, 3.63) is 47.8 Å². The van der Waals surface area contributed by atoms with Crippen molar-refractivity contribution >= 4 is 16.8 Å². The molecule has 0 radical (unpaired) electrons. The Morgan fingerprint density at radius 2 is 2.04 bits per heavy atom. The van der Waals surface area contributed by atoms with Gasteiger partial charge in [-0.25, -0.2) is 9.97 Å². The van der Waals surface area contributed by atoms with Gasteiger partial charge in [-0.2, -0.15) is 0 Å². The van der Waals surface area contributed by atoms with Crippen LogP contribution in [0.25, 0.3) is 22.2 Å². The summed E-state index contributed by atoms with van der Waals surface area (Å²) in [5, 5.41) is 13.6. The van der Waals surface area contributed by atoms with Gasteiger partial charge in [0.25, 0.3) is 5.91 Å². The molecule has 0 bridgehead atoms. The molecule has 2 aromatic heterocycles. The second-order valence-corrected chi connectivity index (χ2v) is 5.58. The number of nitrogens with one attached hydrogen (secondary N) is 1. The van der Waals surface area contributed by atoms with Gasteiger partial charge in [-0.1, -0.05) is 12.1 Å². The Hall–Kier alpha value is -3.15. The fraction of sp³-hybridized carbons (Fsp3) is 0.211. The molecule has 0 aliphatic heterocycles. The average Bonchev–Trinajstić information content (AvgIpc) is 2.64. The third kappa shape index (κ3) is 3.10. The number of pyridine rings is 2. The van der Waals surface area contributed by atoms with Crippen molar-refractivity contribution in [1.82, 2.24) is 15.3 Å². The number of amides is 1. The fourth-order valence-corrected chi connectivity index (χ4v) is 2.67. The summed E-state index contributed by atoms with van der Waals surface area (Å²) in [4.78, 5) is 20.9. The van der Waals surface area contributed by atoms with Crippen LogP contribution in [0.3, 0.4) is 0 Å². The van der Waals surface area contributed by atoms with Crippen LogP contribution < -0.4 is 10.1 Å². The maximum Gasteiger partial charge on any atom is 0.273 e. The van der Waals surface area contributed by atoms with Gasteiger partial charge in [-0.05, 0) is 38.1 Å². The minimum atomic E-state index is -0.401. The predicted molar refractivity (Wildman–Crippen MR) is 95.9 cm³/mol. The van der Waals surface area contributed by atoms with E-state index in [1.807, 2.05) is 31.2 Å². The van der Waals surface area contributed by atoms with Crippen LogP contribution in [0.4, 0.5) is 0 Å². The third-order valence-corrected chi connectivity index (χ3v) is 3.91. The summed E-state index contributed by atoms with van der Waals surface area (Å²) in [5.74, 6) is 0.182. The minimum Gasteiger partial charge on any atom is -0.505 e. The number of hydrogen-bond acceptors (Lipinski definition) is 5. The van der Waals surface area contributed by atoms with Crippen molar-refractivity contribution in [2.24, 2.45) is 0 Å². The first-order chi connectivity index (χ1) is 12.0. The molecule has 1 aromatic carbocycles. The molecule has 2 N–H and O–H groups in total. The van der Waals surface area contributed by atoms with E-state index in [4.69, 9.17) is 4.74 Å². The van der Waals surface area contributed by atoms with Crippen molar-refractivity contribution in [3.63, 3.8) is 0 Å². The Bertz CT molecular complexity index is 954. The number of rotatable bonds is 4. The van der Waals surface area contributed by atoms with Crippen LogP contribution in [0.2, 0.25) is 0 Å². The molecule has 0 saturated heterocycles. The summed E-state index contributed by atoms with van der Waals surface area (Å²) in [7, 11) is 1.61. The quantitative estimate of drug-likeness (QED) is 0.764. The largest absolute Gasteiger partial charge is 0.505 e. The Morgan fingerprint density at radius 1 is 1.24 bits per heavy atom. The smallest absolute Gasteiger partial charge is 0.273 e. The number of methoxy groups -OCH3 is 1. The fourth-order valence-electron chi connectivity index (χ4n) is 2.67. The molecule has 25 heavy (non-hydrogen) atoms. The van der Waals surface area contributed by atoms with Crippen LogP contribution in [-0.4, -0.2) is 34.6 Å². The van der Waals surface area contributed by atoms with E-state index in [1.54, 1.807) is 26.2 Å². The van der Waals surface area contributed by atoms with E-state index in [0.717, 1.165) is 17.0 Å². The summed E-state index contributed by atoms with van der Waals surface area (Å²) in [5.41, 5.74) is 2.79. The van der Waals surface area contributed by atoms with Crippen LogP contribution in [-0.2, 0) is 0 Å². The summed E-state index contributed by atoms with van der Waals surface area (Å²) >= 11 is 0. The van der Waals surface area contributed by atoms with Crippen LogP contribution in [0.1, 0.15) is 23.1 Å². The highest BCUT2D eigenvalue weighted by atomic mass is 16.5. The highest BCUT2D eigenvalue weighted by Gasteiger charge is 2.18. The first-order valence-corrected chi connectivity index (χ1v) is 7.98. The lowest BCUT2D eigenvalue weighted by molar-refractivity contribution is 0.0948. The number of benzene rings is 1. The molecule has 0 saturated carbocycles. The van der Waals surface area contributed by atoms with Crippen LogP contribution in [0.5, 0.6) is 11.5 Å². The van der Waals surface area contributed by atoms with Crippen molar-refractivity contribution in [2.45, 2.75) is 13.8 Å². The summed E-state index contributed by atoms with van der Waals surface area (Å²) in [6, 6.07) is 11.1. The molecule has 0 fully saturated rings. The van der Waals surface area contributed by atoms with E-state index in [9.17, 15) is 9.90 Å². The zero-order chi connectivity index (χ0) is 18.0. The lowest BCUT2D eigenvalue weighted by Gasteiger charge is -2.11. The number of nitrogens with zero attached hydrogens (tertiary/aromatic N) is 2. The predicted octanol–water partition coefficient (Wildman–Crippen LogP) is 3.07. The van der Waals surface area contributed by atoms with Crippen LogP contribution >= 0.6 is 0 Å². The highest BCUT2D eigenvalue weighted by molar-refractivity contribution is 6.01. The van der Waals surface area contributed by atoms with Gasteiger partial charge < -0.3 is 15.2 Å². The maximum atomic E-state index is 12.1. The minimum absolute atomic E-state index is 0.0165. The van der Waals surface area contributed by atoms with E-state index >= 15 is 0 Å².